The van der Waals surface area contributed by atoms with Crippen molar-refractivity contribution in [3.63, 3.8) is 0 Å². The SMILES string of the molecule is O=C(NC1CCCCC1C(=O)O)c1cc(Cl)ncc1Cl. The lowest BCUT2D eigenvalue weighted by molar-refractivity contribution is -0.143. The third-order valence-electron chi connectivity index (χ3n) is 3.47. The maximum Gasteiger partial charge on any atom is 0.308 e. The maximum absolute atomic E-state index is 12.2. The minimum atomic E-state index is -0.881. The van der Waals surface area contributed by atoms with Crippen LogP contribution in [0.3, 0.4) is 0 Å². The topological polar surface area (TPSA) is 79.3 Å². The summed E-state index contributed by atoms with van der Waals surface area (Å²) in [4.78, 5) is 27.1. The van der Waals surface area contributed by atoms with E-state index in [1.54, 1.807) is 0 Å². The molecule has 2 unspecified atom stereocenters. The number of halogens is 2. The first-order valence-electron chi connectivity index (χ1n) is 6.33. The average molecular weight is 317 g/mol. The first kappa shape index (κ1) is 15.1. The molecule has 0 spiro atoms. The minimum absolute atomic E-state index is 0.165. The third-order valence-corrected chi connectivity index (χ3v) is 3.97. The predicted octanol–water partition coefficient (Wildman–Crippen LogP) is 2.76. The van der Waals surface area contributed by atoms with Gasteiger partial charge in [0.2, 0.25) is 0 Å². The van der Waals surface area contributed by atoms with Crippen LogP contribution in [0.25, 0.3) is 0 Å². The van der Waals surface area contributed by atoms with Crippen LogP contribution in [0.5, 0.6) is 0 Å². The van der Waals surface area contributed by atoms with Gasteiger partial charge < -0.3 is 10.4 Å². The Morgan fingerprint density at radius 3 is 2.70 bits per heavy atom. The molecule has 2 rings (SSSR count). The zero-order valence-electron chi connectivity index (χ0n) is 10.6. The highest BCUT2D eigenvalue weighted by Crippen LogP contribution is 2.26. The summed E-state index contributed by atoms with van der Waals surface area (Å²) in [6.07, 6.45) is 4.29. The number of amides is 1. The molecule has 0 bridgehead atoms. The summed E-state index contributed by atoms with van der Waals surface area (Å²) < 4.78 is 0. The maximum atomic E-state index is 12.2. The molecule has 1 aliphatic carbocycles. The first-order chi connectivity index (χ1) is 9.49. The first-order valence-corrected chi connectivity index (χ1v) is 7.09. The number of aromatic nitrogens is 1. The van der Waals surface area contributed by atoms with E-state index in [4.69, 9.17) is 23.2 Å². The Labute approximate surface area is 126 Å². The fourth-order valence-electron chi connectivity index (χ4n) is 2.43. The molecule has 1 aromatic rings. The third kappa shape index (κ3) is 3.41. The van der Waals surface area contributed by atoms with Gasteiger partial charge in [-0.3, -0.25) is 9.59 Å². The van der Waals surface area contributed by atoms with E-state index in [9.17, 15) is 14.7 Å². The number of carbonyl (C=O) groups is 2. The van der Waals surface area contributed by atoms with Gasteiger partial charge in [0.15, 0.2) is 0 Å². The highest BCUT2D eigenvalue weighted by Gasteiger charge is 2.32. The fraction of sp³-hybridized carbons (Fsp3) is 0.462. The van der Waals surface area contributed by atoms with Crippen LogP contribution in [0.1, 0.15) is 36.0 Å². The molecule has 1 aromatic heterocycles. The van der Waals surface area contributed by atoms with Gasteiger partial charge in [-0.2, -0.15) is 0 Å². The summed E-state index contributed by atoms with van der Waals surface area (Å²) in [6, 6.07) is 0.995. The molecular weight excluding hydrogens is 303 g/mol. The van der Waals surface area contributed by atoms with E-state index in [1.165, 1.54) is 12.3 Å². The molecule has 0 radical (unpaired) electrons. The number of hydrogen-bond donors (Lipinski definition) is 2. The van der Waals surface area contributed by atoms with Crippen molar-refractivity contribution in [3.05, 3.63) is 28.0 Å². The van der Waals surface area contributed by atoms with Crippen molar-refractivity contribution in [2.75, 3.05) is 0 Å². The van der Waals surface area contributed by atoms with Crippen LogP contribution in [0.4, 0.5) is 0 Å². The van der Waals surface area contributed by atoms with E-state index < -0.39 is 17.8 Å². The predicted molar refractivity (Wildman–Crippen MR) is 75.1 cm³/mol. The van der Waals surface area contributed by atoms with Crippen LogP contribution in [0.2, 0.25) is 10.2 Å². The van der Waals surface area contributed by atoms with Gasteiger partial charge in [0.25, 0.3) is 5.91 Å². The molecule has 20 heavy (non-hydrogen) atoms. The Bertz CT molecular complexity index is 536. The monoisotopic (exact) mass is 316 g/mol. The van der Waals surface area contributed by atoms with E-state index in [0.29, 0.717) is 12.8 Å². The number of pyridine rings is 1. The van der Waals surface area contributed by atoms with Crippen molar-refractivity contribution in [1.29, 1.82) is 0 Å². The Hall–Kier alpha value is -1.33. The fourth-order valence-corrected chi connectivity index (χ4v) is 2.78. The Morgan fingerprint density at radius 1 is 1.30 bits per heavy atom. The summed E-state index contributed by atoms with van der Waals surface area (Å²) >= 11 is 11.6. The van der Waals surface area contributed by atoms with Gasteiger partial charge in [-0.1, -0.05) is 36.0 Å². The van der Waals surface area contributed by atoms with E-state index in [1.807, 2.05) is 0 Å². The lowest BCUT2D eigenvalue weighted by atomic mass is 9.84. The molecule has 0 saturated heterocycles. The quantitative estimate of drug-likeness (QED) is 0.840. The number of nitrogens with zero attached hydrogens (tertiary/aromatic N) is 1. The lowest BCUT2D eigenvalue weighted by Gasteiger charge is -2.29. The Kier molecular flexibility index (Phi) is 4.83. The normalized spacial score (nSPS) is 22.3. The zero-order valence-corrected chi connectivity index (χ0v) is 12.1. The Morgan fingerprint density at radius 2 is 2.00 bits per heavy atom. The molecule has 108 valence electrons. The van der Waals surface area contributed by atoms with Crippen molar-refractivity contribution in [1.82, 2.24) is 10.3 Å². The molecule has 1 aliphatic rings. The van der Waals surface area contributed by atoms with E-state index >= 15 is 0 Å². The van der Waals surface area contributed by atoms with Crippen molar-refractivity contribution in [2.24, 2.45) is 5.92 Å². The number of rotatable bonds is 3. The van der Waals surface area contributed by atoms with Crippen molar-refractivity contribution >= 4 is 35.1 Å². The average Bonchev–Trinajstić information content (AvgIpc) is 2.41. The highest BCUT2D eigenvalue weighted by atomic mass is 35.5. The second kappa shape index (κ2) is 6.41. The number of carboxylic acid groups (broad SMARTS) is 1. The molecule has 0 aromatic carbocycles. The zero-order chi connectivity index (χ0) is 14.7. The number of carbonyl (C=O) groups excluding carboxylic acids is 1. The van der Waals surface area contributed by atoms with Crippen LogP contribution >= 0.6 is 23.2 Å². The van der Waals surface area contributed by atoms with Crippen LogP contribution in [0.15, 0.2) is 12.3 Å². The van der Waals surface area contributed by atoms with Gasteiger partial charge in [-0.25, -0.2) is 4.98 Å². The largest absolute Gasteiger partial charge is 0.481 e. The molecule has 1 amide bonds. The Balaban J connectivity index is 2.13. The molecule has 7 heteroatoms. The van der Waals surface area contributed by atoms with E-state index in [-0.39, 0.29) is 21.8 Å². The van der Waals surface area contributed by atoms with Crippen molar-refractivity contribution in [3.8, 4) is 0 Å². The summed E-state index contributed by atoms with van der Waals surface area (Å²) in [5.74, 6) is -1.85. The molecular formula is C13H14Cl2N2O3. The van der Waals surface area contributed by atoms with Crippen LogP contribution < -0.4 is 5.32 Å². The molecule has 1 heterocycles. The van der Waals surface area contributed by atoms with E-state index in [2.05, 4.69) is 10.3 Å². The number of hydrogen-bond acceptors (Lipinski definition) is 3. The summed E-state index contributed by atoms with van der Waals surface area (Å²) in [5.41, 5.74) is 0.210. The van der Waals surface area contributed by atoms with Gasteiger partial charge in [0.1, 0.15) is 5.15 Å². The summed E-state index contributed by atoms with van der Waals surface area (Å²) in [5, 5.41) is 12.3. The second-order valence-electron chi connectivity index (χ2n) is 4.80. The molecule has 1 fully saturated rings. The molecule has 0 aliphatic heterocycles. The summed E-state index contributed by atoms with van der Waals surface area (Å²) in [6.45, 7) is 0. The second-order valence-corrected chi connectivity index (χ2v) is 5.59. The van der Waals surface area contributed by atoms with E-state index in [0.717, 1.165) is 12.8 Å². The van der Waals surface area contributed by atoms with Crippen molar-refractivity contribution < 1.29 is 14.7 Å². The number of nitrogens with one attached hydrogen (secondary N) is 1. The highest BCUT2D eigenvalue weighted by molar-refractivity contribution is 6.35. The van der Waals surface area contributed by atoms with Crippen molar-refractivity contribution in [2.45, 2.75) is 31.7 Å². The molecule has 2 atom stereocenters. The lowest BCUT2D eigenvalue weighted by Crippen LogP contribution is -2.45. The van der Waals surface area contributed by atoms with Gasteiger partial charge in [0, 0.05) is 12.2 Å². The molecule has 5 nitrogen and oxygen atoms in total. The summed E-state index contributed by atoms with van der Waals surface area (Å²) in [7, 11) is 0. The van der Waals surface area contributed by atoms with Gasteiger partial charge >= 0.3 is 5.97 Å². The number of carboxylic acids is 1. The standard InChI is InChI=1S/C13H14Cl2N2O3/c14-9-6-16-11(15)5-8(9)12(18)17-10-4-2-1-3-7(10)13(19)20/h5-7,10H,1-4H2,(H,17,18)(H,19,20). The number of aliphatic carboxylic acids is 1. The smallest absolute Gasteiger partial charge is 0.308 e. The molecule has 1 saturated carbocycles. The molecule has 2 N–H and O–H groups in total. The van der Waals surface area contributed by atoms with Gasteiger partial charge in [-0.05, 0) is 18.9 Å². The van der Waals surface area contributed by atoms with Gasteiger partial charge in [0.05, 0.1) is 16.5 Å². The van der Waals surface area contributed by atoms with Crippen LogP contribution in [-0.4, -0.2) is 28.0 Å². The van der Waals surface area contributed by atoms with Crippen LogP contribution in [-0.2, 0) is 4.79 Å². The van der Waals surface area contributed by atoms with Crippen LogP contribution in [0, 0.1) is 5.92 Å². The van der Waals surface area contributed by atoms with Gasteiger partial charge in [-0.15, -0.1) is 0 Å². The minimum Gasteiger partial charge on any atom is -0.481 e.